The molecule has 6 heteroatoms. The number of aliphatic hydroxyl groups excluding tert-OH is 1. The number of aromatic nitrogens is 1. The lowest BCUT2D eigenvalue weighted by molar-refractivity contribution is -0.121. The zero-order valence-corrected chi connectivity index (χ0v) is 15.9. The molecular weight excluding hydrogens is 330 g/mol. The van der Waals surface area contributed by atoms with E-state index < -0.39 is 0 Å². The second-order valence-electron chi connectivity index (χ2n) is 7.04. The number of anilines is 2. The summed E-state index contributed by atoms with van der Waals surface area (Å²) in [4.78, 5) is 16.8. The van der Waals surface area contributed by atoms with Crippen molar-refractivity contribution >= 4 is 17.4 Å². The first-order chi connectivity index (χ1) is 12.7. The third-order valence-corrected chi connectivity index (χ3v) is 5.00. The standard InChI is InChI=1S/C20H33N3O3/c1-2-3-4-16-5-7-17(8-6-16)20(25)23-18-9-10-19(22-15-18)21-11-13-26-14-12-24/h9-10,15-17,24H,2-8,11-14H2,1H3,(H,21,22)(H,23,25). The average Bonchev–Trinajstić information content (AvgIpc) is 2.68. The lowest BCUT2D eigenvalue weighted by Crippen LogP contribution is -2.27. The molecule has 1 aromatic rings. The summed E-state index contributed by atoms with van der Waals surface area (Å²) in [6.07, 6.45) is 9.92. The summed E-state index contributed by atoms with van der Waals surface area (Å²) in [5.41, 5.74) is 0.741. The maximum Gasteiger partial charge on any atom is 0.227 e. The second kappa shape index (κ2) is 11.9. The van der Waals surface area contributed by atoms with E-state index in [2.05, 4.69) is 22.5 Å². The van der Waals surface area contributed by atoms with Gasteiger partial charge in [0.15, 0.2) is 0 Å². The number of carbonyl (C=O) groups excluding carboxylic acids is 1. The van der Waals surface area contributed by atoms with Crippen LogP contribution in [0.4, 0.5) is 11.5 Å². The van der Waals surface area contributed by atoms with E-state index in [1.165, 1.54) is 32.1 Å². The van der Waals surface area contributed by atoms with Crippen LogP contribution >= 0.6 is 0 Å². The van der Waals surface area contributed by atoms with E-state index >= 15 is 0 Å². The molecule has 0 atom stereocenters. The van der Waals surface area contributed by atoms with Crippen LogP contribution < -0.4 is 10.6 Å². The molecule has 1 aromatic heterocycles. The van der Waals surface area contributed by atoms with E-state index in [-0.39, 0.29) is 18.4 Å². The lowest BCUT2D eigenvalue weighted by Gasteiger charge is -2.27. The molecule has 2 rings (SSSR count). The van der Waals surface area contributed by atoms with Crippen molar-refractivity contribution in [2.75, 3.05) is 37.0 Å². The Morgan fingerprint density at radius 1 is 1.27 bits per heavy atom. The summed E-state index contributed by atoms with van der Waals surface area (Å²) in [5.74, 6) is 1.81. The highest BCUT2D eigenvalue weighted by molar-refractivity contribution is 5.92. The highest BCUT2D eigenvalue weighted by Crippen LogP contribution is 2.32. The zero-order valence-electron chi connectivity index (χ0n) is 15.9. The quantitative estimate of drug-likeness (QED) is 0.525. The molecule has 0 bridgehead atoms. The molecule has 1 saturated carbocycles. The van der Waals surface area contributed by atoms with Gasteiger partial charge in [0, 0.05) is 12.5 Å². The molecule has 0 aliphatic heterocycles. The number of aliphatic hydroxyl groups is 1. The first-order valence-electron chi connectivity index (χ1n) is 9.92. The van der Waals surface area contributed by atoms with Crippen LogP contribution in [0.3, 0.4) is 0 Å². The Labute approximate surface area is 156 Å². The number of pyridine rings is 1. The van der Waals surface area contributed by atoms with Crippen LogP contribution in [0.25, 0.3) is 0 Å². The molecule has 0 radical (unpaired) electrons. The van der Waals surface area contributed by atoms with Crippen molar-refractivity contribution in [1.82, 2.24) is 4.98 Å². The van der Waals surface area contributed by atoms with E-state index in [1.807, 2.05) is 12.1 Å². The molecule has 3 N–H and O–H groups in total. The van der Waals surface area contributed by atoms with E-state index in [4.69, 9.17) is 9.84 Å². The number of rotatable bonds is 11. The normalized spacial score (nSPS) is 19.9. The van der Waals surface area contributed by atoms with Crippen LogP contribution in [0.2, 0.25) is 0 Å². The molecule has 0 unspecified atom stereocenters. The maximum absolute atomic E-state index is 12.5. The molecule has 1 heterocycles. The predicted molar refractivity (Wildman–Crippen MR) is 104 cm³/mol. The summed E-state index contributed by atoms with van der Waals surface area (Å²) < 4.78 is 5.18. The average molecular weight is 364 g/mol. The molecule has 0 aromatic carbocycles. The van der Waals surface area contributed by atoms with Gasteiger partial charge in [-0.25, -0.2) is 4.98 Å². The van der Waals surface area contributed by atoms with Crippen LogP contribution in [-0.2, 0) is 9.53 Å². The molecule has 1 fully saturated rings. The van der Waals surface area contributed by atoms with Crippen molar-refractivity contribution in [2.24, 2.45) is 11.8 Å². The largest absolute Gasteiger partial charge is 0.394 e. The third-order valence-electron chi connectivity index (χ3n) is 5.00. The predicted octanol–water partition coefficient (Wildman–Crippen LogP) is 3.44. The Balaban J connectivity index is 1.69. The number of nitrogens with one attached hydrogen (secondary N) is 2. The fourth-order valence-electron chi connectivity index (χ4n) is 3.44. The van der Waals surface area contributed by atoms with Gasteiger partial charge in [0.2, 0.25) is 5.91 Å². The minimum Gasteiger partial charge on any atom is -0.394 e. The van der Waals surface area contributed by atoms with Crippen molar-refractivity contribution in [1.29, 1.82) is 0 Å². The van der Waals surface area contributed by atoms with Gasteiger partial charge in [-0.1, -0.05) is 26.2 Å². The van der Waals surface area contributed by atoms with Gasteiger partial charge >= 0.3 is 0 Å². The van der Waals surface area contributed by atoms with Gasteiger partial charge in [0.25, 0.3) is 0 Å². The van der Waals surface area contributed by atoms with E-state index in [0.29, 0.717) is 19.8 Å². The molecule has 26 heavy (non-hydrogen) atoms. The fraction of sp³-hybridized carbons (Fsp3) is 0.700. The van der Waals surface area contributed by atoms with E-state index in [0.717, 1.165) is 30.3 Å². The molecular formula is C20H33N3O3. The second-order valence-corrected chi connectivity index (χ2v) is 7.04. The molecule has 1 aliphatic rings. The van der Waals surface area contributed by atoms with Crippen molar-refractivity contribution in [3.8, 4) is 0 Å². The minimum atomic E-state index is 0.0348. The first-order valence-corrected chi connectivity index (χ1v) is 9.92. The highest BCUT2D eigenvalue weighted by Gasteiger charge is 2.26. The Morgan fingerprint density at radius 2 is 2.08 bits per heavy atom. The number of hydrogen-bond donors (Lipinski definition) is 3. The number of nitrogens with zero attached hydrogens (tertiary/aromatic N) is 1. The van der Waals surface area contributed by atoms with E-state index in [9.17, 15) is 4.79 Å². The third kappa shape index (κ3) is 7.30. The Morgan fingerprint density at radius 3 is 2.73 bits per heavy atom. The number of ether oxygens (including phenoxy) is 1. The highest BCUT2D eigenvalue weighted by atomic mass is 16.5. The molecule has 6 nitrogen and oxygen atoms in total. The van der Waals surface area contributed by atoms with Crippen LogP contribution in [0.15, 0.2) is 18.3 Å². The van der Waals surface area contributed by atoms with Gasteiger partial charge in [0.1, 0.15) is 5.82 Å². The van der Waals surface area contributed by atoms with Crippen LogP contribution in [0.5, 0.6) is 0 Å². The minimum absolute atomic E-state index is 0.0348. The lowest BCUT2D eigenvalue weighted by atomic mass is 9.79. The first kappa shape index (κ1) is 20.6. The molecule has 0 spiro atoms. The van der Waals surface area contributed by atoms with Gasteiger partial charge in [0.05, 0.1) is 31.7 Å². The van der Waals surface area contributed by atoms with Crippen LogP contribution in [-0.4, -0.2) is 42.4 Å². The van der Waals surface area contributed by atoms with Crippen molar-refractivity contribution < 1.29 is 14.6 Å². The van der Waals surface area contributed by atoms with Gasteiger partial charge in [-0.3, -0.25) is 4.79 Å². The summed E-state index contributed by atoms with van der Waals surface area (Å²) in [6.45, 7) is 3.76. The number of unbranched alkanes of at least 4 members (excludes halogenated alkanes) is 1. The molecule has 1 aliphatic carbocycles. The summed E-state index contributed by atoms with van der Waals surface area (Å²) in [6, 6.07) is 3.72. The van der Waals surface area contributed by atoms with Gasteiger partial charge < -0.3 is 20.5 Å². The van der Waals surface area contributed by atoms with Gasteiger partial charge in [-0.15, -0.1) is 0 Å². The Hall–Kier alpha value is -1.66. The summed E-state index contributed by atoms with van der Waals surface area (Å²) in [7, 11) is 0. The van der Waals surface area contributed by atoms with Gasteiger partial charge in [-0.2, -0.15) is 0 Å². The number of hydrogen-bond acceptors (Lipinski definition) is 5. The Bertz CT molecular complexity index is 514. The number of carbonyl (C=O) groups is 1. The molecule has 0 saturated heterocycles. The fourth-order valence-corrected chi connectivity index (χ4v) is 3.44. The zero-order chi connectivity index (χ0) is 18.6. The summed E-state index contributed by atoms with van der Waals surface area (Å²) in [5, 5.41) is 14.8. The monoisotopic (exact) mass is 363 g/mol. The van der Waals surface area contributed by atoms with Crippen LogP contribution in [0, 0.1) is 11.8 Å². The molecule has 146 valence electrons. The van der Waals surface area contributed by atoms with Crippen molar-refractivity contribution in [3.05, 3.63) is 18.3 Å². The van der Waals surface area contributed by atoms with E-state index in [1.54, 1.807) is 6.20 Å². The maximum atomic E-state index is 12.5. The van der Waals surface area contributed by atoms with Crippen LogP contribution in [0.1, 0.15) is 51.9 Å². The SMILES string of the molecule is CCCCC1CCC(C(=O)Nc2ccc(NCCOCCO)nc2)CC1. The number of amides is 1. The smallest absolute Gasteiger partial charge is 0.227 e. The van der Waals surface area contributed by atoms with Gasteiger partial charge in [-0.05, 0) is 43.7 Å². The topological polar surface area (TPSA) is 83.5 Å². The molecule has 1 amide bonds. The summed E-state index contributed by atoms with van der Waals surface area (Å²) >= 11 is 0. The Kier molecular flexibility index (Phi) is 9.42. The van der Waals surface area contributed by atoms with Crippen molar-refractivity contribution in [3.63, 3.8) is 0 Å². The van der Waals surface area contributed by atoms with Crippen molar-refractivity contribution in [2.45, 2.75) is 51.9 Å².